The number of ketones is 1. The van der Waals surface area contributed by atoms with Crippen LogP contribution in [-0.2, 0) is 4.79 Å². The van der Waals surface area contributed by atoms with Crippen LogP contribution >= 0.6 is 0 Å². The number of hydrogen-bond donors (Lipinski definition) is 1. The fraction of sp³-hybridized carbons (Fsp3) is 0.923. The van der Waals surface area contributed by atoms with Crippen LogP contribution in [0.2, 0.25) is 0 Å². The maximum atomic E-state index is 11.6. The predicted octanol–water partition coefficient (Wildman–Crippen LogP) is 1.88. The third-order valence-corrected chi connectivity index (χ3v) is 3.48. The van der Waals surface area contributed by atoms with Crippen molar-refractivity contribution in [3.63, 3.8) is 0 Å². The molecular formula is C13H26N2O. The van der Waals surface area contributed by atoms with Gasteiger partial charge < -0.3 is 5.32 Å². The van der Waals surface area contributed by atoms with E-state index >= 15 is 0 Å². The highest BCUT2D eigenvalue weighted by Gasteiger charge is 2.27. The molecule has 1 N–H and O–H groups in total. The number of nitrogens with zero attached hydrogens (tertiary/aromatic N) is 1. The Labute approximate surface area is 99.6 Å². The number of Topliss-reactive ketones (excluding diaryl/α,β-unsaturated/α-hetero) is 1. The normalized spacial score (nSPS) is 23.9. The van der Waals surface area contributed by atoms with Gasteiger partial charge in [-0.2, -0.15) is 0 Å². The van der Waals surface area contributed by atoms with Gasteiger partial charge in [-0.1, -0.05) is 13.8 Å². The van der Waals surface area contributed by atoms with Crippen molar-refractivity contribution >= 4 is 5.78 Å². The molecule has 0 radical (unpaired) electrons. The molecule has 0 aromatic carbocycles. The molecule has 1 aliphatic heterocycles. The molecule has 0 bridgehead atoms. The SMILES string of the molecule is CNC1CCCN1CC(CC(C)C)C(C)=O. The Morgan fingerprint density at radius 3 is 2.69 bits per heavy atom. The first-order valence-electron chi connectivity index (χ1n) is 6.46. The van der Waals surface area contributed by atoms with Crippen LogP contribution in [0.4, 0.5) is 0 Å². The predicted molar refractivity (Wildman–Crippen MR) is 67.3 cm³/mol. The summed E-state index contributed by atoms with van der Waals surface area (Å²) >= 11 is 0. The zero-order valence-electron chi connectivity index (χ0n) is 11.1. The van der Waals surface area contributed by atoms with Crippen LogP contribution in [0.1, 0.15) is 40.0 Å². The Bertz CT molecular complexity index is 228. The van der Waals surface area contributed by atoms with Gasteiger partial charge in [-0.05, 0) is 45.7 Å². The minimum atomic E-state index is 0.217. The van der Waals surface area contributed by atoms with E-state index in [2.05, 4.69) is 24.1 Å². The molecule has 0 amide bonds. The highest BCUT2D eigenvalue weighted by molar-refractivity contribution is 5.78. The van der Waals surface area contributed by atoms with Gasteiger partial charge >= 0.3 is 0 Å². The number of likely N-dealkylation sites (tertiary alicyclic amines) is 1. The molecule has 1 heterocycles. The summed E-state index contributed by atoms with van der Waals surface area (Å²) in [6.07, 6.45) is 3.96. The van der Waals surface area contributed by atoms with Crippen molar-refractivity contribution < 1.29 is 4.79 Å². The molecule has 0 saturated carbocycles. The summed E-state index contributed by atoms with van der Waals surface area (Å²) in [5.74, 6) is 1.16. The quantitative estimate of drug-likeness (QED) is 0.750. The Balaban J connectivity index is 2.50. The average molecular weight is 226 g/mol. The maximum absolute atomic E-state index is 11.6. The van der Waals surface area contributed by atoms with Crippen molar-refractivity contribution in [2.75, 3.05) is 20.1 Å². The zero-order valence-corrected chi connectivity index (χ0v) is 11.1. The molecule has 2 unspecified atom stereocenters. The van der Waals surface area contributed by atoms with E-state index in [-0.39, 0.29) is 5.92 Å². The minimum Gasteiger partial charge on any atom is -0.305 e. The average Bonchev–Trinajstić information content (AvgIpc) is 2.63. The molecule has 1 rings (SSSR count). The number of carbonyl (C=O) groups is 1. The van der Waals surface area contributed by atoms with E-state index in [4.69, 9.17) is 0 Å². The van der Waals surface area contributed by atoms with Crippen LogP contribution < -0.4 is 5.32 Å². The standard InChI is InChI=1S/C13H26N2O/c1-10(2)8-12(11(3)16)9-15-7-5-6-13(15)14-4/h10,12-14H,5-9H2,1-4H3. The molecule has 2 atom stereocenters. The number of carbonyl (C=O) groups excluding carboxylic acids is 1. The second-order valence-corrected chi connectivity index (χ2v) is 5.38. The van der Waals surface area contributed by atoms with Gasteiger partial charge in [-0.15, -0.1) is 0 Å². The summed E-state index contributed by atoms with van der Waals surface area (Å²) in [4.78, 5) is 14.0. The Morgan fingerprint density at radius 2 is 2.19 bits per heavy atom. The second kappa shape index (κ2) is 6.36. The summed E-state index contributed by atoms with van der Waals surface area (Å²) in [7, 11) is 2.01. The van der Waals surface area contributed by atoms with Gasteiger partial charge in [0.05, 0.1) is 6.17 Å². The zero-order chi connectivity index (χ0) is 12.1. The Kier molecular flexibility index (Phi) is 5.42. The van der Waals surface area contributed by atoms with Crippen LogP contribution in [0.15, 0.2) is 0 Å². The monoisotopic (exact) mass is 226 g/mol. The van der Waals surface area contributed by atoms with Crippen molar-refractivity contribution in [1.82, 2.24) is 10.2 Å². The lowest BCUT2D eigenvalue weighted by molar-refractivity contribution is -0.122. The van der Waals surface area contributed by atoms with Crippen LogP contribution in [0.3, 0.4) is 0 Å². The third-order valence-electron chi connectivity index (χ3n) is 3.48. The molecule has 0 aliphatic carbocycles. The fourth-order valence-electron chi connectivity index (χ4n) is 2.59. The van der Waals surface area contributed by atoms with E-state index in [0.717, 1.165) is 19.5 Å². The number of nitrogens with one attached hydrogen (secondary N) is 1. The Morgan fingerprint density at radius 1 is 1.50 bits per heavy atom. The van der Waals surface area contributed by atoms with E-state index < -0.39 is 0 Å². The van der Waals surface area contributed by atoms with Gasteiger partial charge in [0, 0.05) is 12.5 Å². The lowest BCUT2D eigenvalue weighted by Gasteiger charge is -2.28. The van der Waals surface area contributed by atoms with Crippen molar-refractivity contribution in [1.29, 1.82) is 0 Å². The third kappa shape index (κ3) is 3.87. The van der Waals surface area contributed by atoms with Crippen LogP contribution in [0.25, 0.3) is 0 Å². The molecule has 3 nitrogen and oxygen atoms in total. The van der Waals surface area contributed by atoms with Gasteiger partial charge in [0.1, 0.15) is 5.78 Å². The van der Waals surface area contributed by atoms with Gasteiger partial charge in [-0.25, -0.2) is 0 Å². The molecular weight excluding hydrogens is 200 g/mol. The van der Waals surface area contributed by atoms with E-state index in [1.807, 2.05) is 7.05 Å². The van der Waals surface area contributed by atoms with Gasteiger partial charge in [0.2, 0.25) is 0 Å². The van der Waals surface area contributed by atoms with E-state index in [1.54, 1.807) is 6.92 Å². The van der Waals surface area contributed by atoms with E-state index in [1.165, 1.54) is 12.8 Å². The molecule has 16 heavy (non-hydrogen) atoms. The molecule has 1 aliphatic rings. The number of hydrogen-bond acceptors (Lipinski definition) is 3. The molecule has 0 aromatic heterocycles. The summed E-state index contributed by atoms with van der Waals surface area (Å²) < 4.78 is 0. The first-order chi connectivity index (χ1) is 7.54. The van der Waals surface area contributed by atoms with E-state index in [9.17, 15) is 4.79 Å². The highest BCUT2D eigenvalue weighted by atomic mass is 16.1. The van der Waals surface area contributed by atoms with Crippen LogP contribution in [0, 0.1) is 11.8 Å². The Hall–Kier alpha value is -0.410. The minimum absolute atomic E-state index is 0.217. The first-order valence-corrected chi connectivity index (χ1v) is 6.46. The summed E-state index contributed by atoms with van der Waals surface area (Å²) in [5.41, 5.74) is 0. The molecule has 94 valence electrons. The van der Waals surface area contributed by atoms with Gasteiger partial charge in [0.25, 0.3) is 0 Å². The lowest BCUT2D eigenvalue weighted by Crippen LogP contribution is -2.43. The van der Waals surface area contributed by atoms with Crippen molar-refractivity contribution in [3.05, 3.63) is 0 Å². The maximum Gasteiger partial charge on any atom is 0.134 e. The van der Waals surface area contributed by atoms with Crippen molar-refractivity contribution in [2.24, 2.45) is 11.8 Å². The van der Waals surface area contributed by atoms with Crippen LogP contribution in [-0.4, -0.2) is 37.0 Å². The molecule has 1 saturated heterocycles. The smallest absolute Gasteiger partial charge is 0.134 e. The van der Waals surface area contributed by atoms with Gasteiger partial charge in [-0.3, -0.25) is 9.69 Å². The van der Waals surface area contributed by atoms with Crippen molar-refractivity contribution in [3.8, 4) is 0 Å². The molecule has 0 spiro atoms. The first kappa shape index (κ1) is 13.7. The van der Waals surface area contributed by atoms with E-state index in [0.29, 0.717) is 17.9 Å². The summed E-state index contributed by atoms with van der Waals surface area (Å²) in [6.45, 7) is 8.18. The molecule has 3 heteroatoms. The largest absolute Gasteiger partial charge is 0.305 e. The molecule has 1 fully saturated rings. The summed E-state index contributed by atoms with van der Waals surface area (Å²) in [6, 6.07) is 0. The van der Waals surface area contributed by atoms with Crippen molar-refractivity contribution in [2.45, 2.75) is 46.2 Å². The molecule has 0 aromatic rings. The van der Waals surface area contributed by atoms with Crippen LogP contribution in [0.5, 0.6) is 0 Å². The lowest BCUT2D eigenvalue weighted by atomic mass is 9.93. The highest BCUT2D eigenvalue weighted by Crippen LogP contribution is 2.20. The topological polar surface area (TPSA) is 32.3 Å². The second-order valence-electron chi connectivity index (χ2n) is 5.38. The summed E-state index contributed by atoms with van der Waals surface area (Å²) in [5, 5.41) is 3.33. The number of rotatable bonds is 6. The van der Waals surface area contributed by atoms with Gasteiger partial charge in [0.15, 0.2) is 0 Å². The fourth-order valence-corrected chi connectivity index (χ4v) is 2.59.